The number of hydrogen-bond acceptors (Lipinski definition) is 3. The highest BCUT2D eigenvalue weighted by molar-refractivity contribution is 5.43. The summed E-state index contributed by atoms with van der Waals surface area (Å²) < 4.78 is 11.0. The average molecular weight is 234 g/mol. The maximum atomic E-state index is 8.90. The van der Waals surface area contributed by atoms with E-state index in [0.717, 1.165) is 5.56 Å². The molecule has 0 unspecified atom stereocenters. The highest BCUT2D eigenvalue weighted by Gasteiger charge is 2.05. The predicted molar refractivity (Wildman–Crippen MR) is 68.6 cm³/mol. The lowest BCUT2D eigenvalue weighted by Gasteiger charge is -2.12. The van der Waals surface area contributed by atoms with Crippen LogP contribution in [0.3, 0.4) is 0 Å². The van der Waals surface area contributed by atoms with Crippen LogP contribution >= 0.6 is 0 Å². The van der Waals surface area contributed by atoms with E-state index in [4.69, 9.17) is 14.6 Å². The number of benzene rings is 1. The van der Waals surface area contributed by atoms with E-state index in [-0.39, 0.29) is 6.61 Å². The van der Waals surface area contributed by atoms with Crippen molar-refractivity contribution in [3.8, 4) is 11.5 Å². The summed E-state index contributed by atoms with van der Waals surface area (Å²) in [6, 6.07) is 5.63. The maximum absolute atomic E-state index is 8.90. The van der Waals surface area contributed by atoms with Crippen molar-refractivity contribution < 1.29 is 14.6 Å². The molecule has 0 aromatic heterocycles. The molecule has 1 aromatic rings. The molecule has 1 N–H and O–H groups in total. The Morgan fingerprint density at radius 3 is 2.29 bits per heavy atom. The van der Waals surface area contributed by atoms with Gasteiger partial charge in [0.2, 0.25) is 0 Å². The van der Waals surface area contributed by atoms with Crippen LogP contribution in [-0.2, 0) is 6.42 Å². The van der Waals surface area contributed by atoms with Gasteiger partial charge < -0.3 is 14.6 Å². The highest BCUT2D eigenvalue weighted by atomic mass is 16.5. The first-order chi connectivity index (χ1) is 8.31. The van der Waals surface area contributed by atoms with Crippen molar-refractivity contribution in [1.82, 2.24) is 0 Å². The van der Waals surface area contributed by atoms with Gasteiger partial charge in [0.05, 0.1) is 0 Å². The fourth-order valence-corrected chi connectivity index (χ4v) is 1.37. The fourth-order valence-electron chi connectivity index (χ4n) is 1.37. The van der Waals surface area contributed by atoms with Gasteiger partial charge in [-0.05, 0) is 24.1 Å². The number of rotatable bonds is 8. The van der Waals surface area contributed by atoms with E-state index >= 15 is 0 Å². The minimum absolute atomic E-state index is 0.119. The van der Waals surface area contributed by atoms with Gasteiger partial charge in [-0.1, -0.05) is 31.4 Å². The van der Waals surface area contributed by atoms with Crippen LogP contribution in [0.4, 0.5) is 0 Å². The summed E-state index contributed by atoms with van der Waals surface area (Å²) in [4.78, 5) is 0. The third-order valence-electron chi connectivity index (χ3n) is 2.12. The van der Waals surface area contributed by atoms with E-state index in [1.54, 1.807) is 12.2 Å². The Hall–Kier alpha value is -1.74. The summed E-state index contributed by atoms with van der Waals surface area (Å²) in [5, 5.41) is 8.90. The summed E-state index contributed by atoms with van der Waals surface area (Å²) in [5.74, 6) is 1.34. The van der Waals surface area contributed by atoms with Crippen LogP contribution < -0.4 is 9.47 Å². The maximum Gasteiger partial charge on any atom is 0.161 e. The molecule has 17 heavy (non-hydrogen) atoms. The van der Waals surface area contributed by atoms with Crippen LogP contribution in [0.25, 0.3) is 0 Å². The molecule has 3 heteroatoms. The molecule has 0 aliphatic rings. The minimum atomic E-state index is 0.119. The lowest BCUT2D eigenvalue weighted by atomic mass is 10.1. The molecule has 0 aliphatic carbocycles. The molecular formula is C14H18O3. The van der Waals surface area contributed by atoms with Gasteiger partial charge >= 0.3 is 0 Å². The normalized spacial score (nSPS) is 9.71. The SMILES string of the molecule is C=CCOc1ccc(CCO)cc1OCC=C. The molecule has 0 saturated carbocycles. The molecule has 3 nitrogen and oxygen atoms in total. The third kappa shape index (κ3) is 4.33. The van der Waals surface area contributed by atoms with Crippen molar-refractivity contribution in [3.63, 3.8) is 0 Å². The zero-order valence-electron chi connectivity index (χ0n) is 9.89. The van der Waals surface area contributed by atoms with Crippen LogP contribution in [0.5, 0.6) is 11.5 Å². The van der Waals surface area contributed by atoms with Gasteiger partial charge in [-0.2, -0.15) is 0 Å². The Balaban J connectivity index is 2.85. The van der Waals surface area contributed by atoms with Crippen molar-refractivity contribution in [2.24, 2.45) is 0 Å². The second kappa shape index (κ2) is 7.52. The first-order valence-corrected chi connectivity index (χ1v) is 5.53. The van der Waals surface area contributed by atoms with Crippen molar-refractivity contribution in [2.75, 3.05) is 19.8 Å². The average Bonchev–Trinajstić information content (AvgIpc) is 2.35. The smallest absolute Gasteiger partial charge is 0.161 e. The molecule has 0 amide bonds. The first-order valence-electron chi connectivity index (χ1n) is 5.53. The summed E-state index contributed by atoms with van der Waals surface area (Å²) >= 11 is 0. The van der Waals surface area contributed by atoms with Crippen molar-refractivity contribution >= 4 is 0 Å². The van der Waals surface area contributed by atoms with Crippen LogP contribution in [0.2, 0.25) is 0 Å². The molecule has 1 aromatic carbocycles. The van der Waals surface area contributed by atoms with E-state index in [9.17, 15) is 0 Å². The number of aliphatic hydroxyl groups is 1. The molecule has 0 atom stereocenters. The Morgan fingerprint density at radius 2 is 1.71 bits per heavy atom. The van der Waals surface area contributed by atoms with Gasteiger partial charge in [0, 0.05) is 6.61 Å². The molecule has 92 valence electrons. The molecular weight excluding hydrogens is 216 g/mol. The van der Waals surface area contributed by atoms with E-state index < -0.39 is 0 Å². The van der Waals surface area contributed by atoms with E-state index in [1.165, 1.54) is 0 Å². The van der Waals surface area contributed by atoms with Gasteiger partial charge in [0.25, 0.3) is 0 Å². The molecule has 0 radical (unpaired) electrons. The van der Waals surface area contributed by atoms with Gasteiger partial charge in [-0.3, -0.25) is 0 Å². The van der Waals surface area contributed by atoms with Gasteiger partial charge in [0.1, 0.15) is 13.2 Å². The summed E-state index contributed by atoms with van der Waals surface area (Å²) in [5.41, 5.74) is 1.01. The minimum Gasteiger partial charge on any atom is -0.486 e. The summed E-state index contributed by atoms with van der Waals surface area (Å²) in [7, 11) is 0. The van der Waals surface area contributed by atoms with E-state index in [1.807, 2.05) is 18.2 Å². The number of hydrogen-bond donors (Lipinski definition) is 1. The van der Waals surface area contributed by atoms with Crippen LogP contribution in [0.1, 0.15) is 5.56 Å². The Kier molecular flexibility index (Phi) is 5.89. The van der Waals surface area contributed by atoms with Crippen LogP contribution in [0.15, 0.2) is 43.5 Å². The molecule has 0 bridgehead atoms. The monoisotopic (exact) mass is 234 g/mol. The second-order valence-electron chi connectivity index (χ2n) is 3.45. The molecule has 0 spiro atoms. The lowest BCUT2D eigenvalue weighted by Crippen LogP contribution is -2.01. The second-order valence-corrected chi connectivity index (χ2v) is 3.45. The zero-order valence-corrected chi connectivity index (χ0v) is 9.89. The van der Waals surface area contributed by atoms with Gasteiger partial charge in [0.15, 0.2) is 11.5 Å². The van der Waals surface area contributed by atoms with E-state index in [0.29, 0.717) is 31.1 Å². The first kappa shape index (κ1) is 13.3. The standard InChI is InChI=1S/C14H18O3/c1-3-9-16-13-6-5-12(7-8-15)11-14(13)17-10-4-2/h3-6,11,15H,1-2,7-10H2. The number of aliphatic hydroxyl groups excluding tert-OH is 1. The van der Waals surface area contributed by atoms with Gasteiger partial charge in [-0.15, -0.1) is 0 Å². The molecule has 0 heterocycles. The van der Waals surface area contributed by atoms with Gasteiger partial charge in [-0.25, -0.2) is 0 Å². The largest absolute Gasteiger partial charge is 0.486 e. The van der Waals surface area contributed by atoms with Crippen LogP contribution in [0, 0.1) is 0 Å². The van der Waals surface area contributed by atoms with Crippen molar-refractivity contribution in [2.45, 2.75) is 6.42 Å². The quantitative estimate of drug-likeness (QED) is 0.702. The Bertz CT molecular complexity index is 372. The number of ether oxygens (including phenoxy) is 2. The Morgan fingerprint density at radius 1 is 1.06 bits per heavy atom. The third-order valence-corrected chi connectivity index (χ3v) is 2.12. The molecule has 0 saturated heterocycles. The fraction of sp³-hybridized carbons (Fsp3) is 0.286. The molecule has 1 rings (SSSR count). The summed E-state index contributed by atoms with van der Waals surface area (Å²) in [6.07, 6.45) is 3.96. The molecule has 0 fully saturated rings. The Labute approximate surface area is 102 Å². The molecule has 0 aliphatic heterocycles. The van der Waals surface area contributed by atoms with E-state index in [2.05, 4.69) is 13.2 Å². The predicted octanol–water partition coefficient (Wildman–Crippen LogP) is 2.35. The topological polar surface area (TPSA) is 38.7 Å². The lowest BCUT2D eigenvalue weighted by molar-refractivity contribution is 0.296. The van der Waals surface area contributed by atoms with Crippen LogP contribution in [-0.4, -0.2) is 24.9 Å². The van der Waals surface area contributed by atoms with Crippen molar-refractivity contribution in [1.29, 1.82) is 0 Å². The summed E-state index contributed by atoms with van der Waals surface area (Å²) in [6.45, 7) is 8.18. The highest BCUT2D eigenvalue weighted by Crippen LogP contribution is 2.28. The van der Waals surface area contributed by atoms with Crippen molar-refractivity contribution in [3.05, 3.63) is 49.1 Å². The zero-order chi connectivity index (χ0) is 12.5.